The van der Waals surface area contributed by atoms with Crippen LogP contribution in [0.3, 0.4) is 0 Å². The first-order chi connectivity index (χ1) is 3.39. The van der Waals surface area contributed by atoms with Gasteiger partial charge in [0.1, 0.15) is 0 Å². The average molecular weight is 95.1 g/mol. The Hall–Kier alpha value is -0.790. The zero-order valence-corrected chi connectivity index (χ0v) is 4.20. The molecule has 1 aliphatic heterocycles. The summed E-state index contributed by atoms with van der Waals surface area (Å²) in [4.78, 5) is 5.74. The molecule has 0 N–H and O–H groups in total. The Bertz CT molecular complexity index is 105. The molecular weight excluding hydrogens is 88.1 g/mol. The van der Waals surface area contributed by atoms with E-state index >= 15 is 0 Å². The molecule has 2 nitrogen and oxygen atoms in total. The van der Waals surface area contributed by atoms with Crippen molar-refractivity contribution in [2.45, 2.75) is 0 Å². The first-order valence-corrected chi connectivity index (χ1v) is 2.15. The quantitative estimate of drug-likeness (QED) is 0.431. The smallest absolute Gasteiger partial charge is 0.161 e. The third-order valence-corrected chi connectivity index (χ3v) is 0.742. The number of rotatable bonds is 0. The maximum atomic E-state index is 3.85. The van der Waals surface area contributed by atoms with Gasteiger partial charge in [0.25, 0.3) is 0 Å². The lowest BCUT2D eigenvalue weighted by atomic mass is 10.6. The summed E-state index contributed by atoms with van der Waals surface area (Å²) in [5.41, 5.74) is 0. The minimum atomic E-state index is 1.75. The molecule has 0 unspecified atom stereocenters. The third kappa shape index (κ3) is 1.03. The summed E-state index contributed by atoms with van der Waals surface area (Å²) < 4.78 is 0. The summed E-state index contributed by atoms with van der Waals surface area (Å²) in [6.07, 6.45) is 5.58. The van der Waals surface area contributed by atoms with Crippen LogP contribution in [0.1, 0.15) is 0 Å². The molecule has 0 spiro atoms. The minimum absolute atomic E-state index is 1.75. The van der Waals surface area contributed by atoms with Gasteiger partial charge < -0.3 is 4.90 Å². The fraction of sp³-hybridized carbons (Fsp3) is 0.200. The Kier molecular flexibility index (Phi) is 1.11. The van der Waals surface area contributed by atoms with E-state index in [9.17, 15) is 0 Å². The van der Waals surface area contributed by atoms with Gasteiger partial charge in [-0.25, -0.2) is 0 Å². The highest BCUT2D eigenvalue weighted by molar-refractivity contribution is 5.72. The van der Waals surface area contributed by atoms with E-state index < -0.39 is 0 Å². The molecule has 37 valence electrons. The second-order valence-corrected chi connectivity index (χ2v) is 1.42. The van der Waals surface area contributed by atoms with Gasteiger partial charge in [-0.2, -0.15) is 0 Å². The summed E-state index contributed by atoms with van der Waals surface area (Å²) in [6, 6.07) is 0. The minimum Gasteiger partial charge on any atom is -0.356 e. The zero-order chi connectivity index (χ0) is 5.11. The van der Waals surface area contributed by atoms with E-state index in [0.29, 0.717) is 0 Å². The maximum Gasteiger partial charge on any atom is 0.161 e. The van der Waals surface area contributed by atoms with Gasteiger partial charge in [-0.1, -0.05) is 0 Å². The molecule has 1 aliphatic rings. The summed E-state index contributed by atoms with van der Waals surface area (Å²) in [5, 5.41) is 0. The molecule has 0 amide bonds. The van der Waals surface area contributed by atoms with E-state index in [1.54, 1.807) is 12.9 Å². The topological polar surface area (TPSA) is 15.6 Å². The van der Waals surface area contributed by atoms with E-state index in [0.717, 1.165) is 0 Å². The molecule has 2 heteroatoms. The van der Waals surface area contributed by atoms with Crippen molar-refractivity contribution in [2.24, 2.45) is 4.99 Å². The van der Waals surface area contributed by atoms with Gasteiger partial charge in [0, 0.05) is 19.5 Å². The molecule has 0 atom stereocenters. The maximum absolute atomic E-state index is 3.85. The van der Waals surface area contributed by atoms with Crippen molar-refractivity contribution in [1.29, 1.82) is 0 Å². The van der Waals surface area contributed by atoms with Crippen LogP contribution in [-0.4, -0.2) is 18.2 Å². The summed E-state index contributed by atoms with van der Waals surface area (Å²) >= 11 is 0. The van der Waals surface area contributed by atoms with Gasteiger partial charge in [-0.15, -0.1) is 0 Å². The summed E-state index contributed by atoms with van der Waals surface area (Å²) in [7, 11) is 1.94. The first-order valence-electron chi connectivity index (χ1n) is 2.15. The number of hydrogen-bond acceptors (Lipinski definition) is 2. The second kappa shape index (κ2) is 1.78. The predicted molar refractivity (Wildman–Crippen MR) is 29.7 cm³/mol. The number of allylic oxidation sites excluding steroid dienone is 1. The molecule has 0 bridgehead atoms. The van der Waals surface area contributed by atoms with Crippen molar-refractivity contribution in [3.05, 3.63) is 18.9 Å². The van der Waals surface area contributed by atoms with Crippen molar-refractivity contribution < 1.29 is 0 Å². The Morgan fingerprint density at radius 3 is 2.71 bits per heavy atom. The van der Waals surface area contributed by atoms with Gasteiger partial charge in [-0.05, 0) is 6.08 Å². The van der Waals surface area contributed by atoms with Crippen molar-refractivity contribution >= 4 is 6.21 Å². The second-order valence-electron chi connectivity index (χ2n) is 1.42. The Balaban J connectivity index is 2.49. The van der Waals surface area contributed by atoms with Crippen LogP contribution in [0.2, 0.25) is 0 Å². The molecular formula is C5H7N2. The van der Waals surface area contributed by atoms with Crippen LogP contribution >= 0.6 is 0 Å². The lowest BCUT2D eigenvalue weighted by molar-refractivity contribution is 0.549. The molecule has 0 saturated heterocycles. The van der Waals surface area contributed by atoms with Gasteiger partial charge >= 0.3 is 0 Å². The van der Waals surface area contributed by atoms with Crippen LogP contribution < -0.4 is 0 Å². The third-order valence-electron chi connectivity index (χ3n) is 0.742. The van der Waals surface area contributed by atoms with E-state index in [1.807, 2.05) is 24.2 Å². The molecule has 0 aromatic carbocycles. The van der Waals surface area contributed by atoms with Gasteiger partial charge in [0.15, 0.2) is 6.67 Å². The van der Waals surface area contributed by atoms with Crippen LogP contribution in [0.5, 0.6) is 0 Å². The van der Waals surface area contributed by atoms with E-state index in [-0.39, 0.29) is 0 Å². The monoisotopic (exact) mass is 95.1 g/mol. The van der Waals surface area contributed by atoms with Gasteiger partial charge in [0.2, 0.25) is 0 Å². The molecule has 0 saturated carbocycles. The highest BCUT2D eigenvalue weighted by atomic mass is 15.2. The number of hydrogen-bond donors (Lipinski definition) is 0. The molecule has 1 radical (unpaired) electrons. The van der Waals surface area contributed by atoms with Crippen LogP contribution in [0.25, 0.3) is 0 Å². The number of nitrogens with zero attached hydrogens (tertiary/aromatic N) is 2. The normalized spacial score (nSPS) is 18.1. The van der Waals surface area contributed by atoms with Crippen molar-refractivity contribution in [2.75, 3.05) is 7.05 Å². The van der Waals surface area contributed by atoms with Crippen molar-refractivity contribution in [3.63, 3.8) is 0 Å². The molecule has 7 heavy (non-hydrogen) atoms. The lowest BCUT2D eigenvalue weighted by Gasteiger charge is -2.09. The average Bonchev–Trinajstić information content (AvgIpc) is 1.69. The largest absolute Gasteiger partial charge is 0.356 e. The Morgan fingerprint density at radius 1 is 1.57 bits per heavy atom. The summed E-state index contributed by atoms with van der Waals surface area (Å²) in [5.74, 6) is 0. The SMILES string of the molecule is CN1[CH]N=CC=C1. The summed E-state index contributed by atoms with van der Waals surface area (Å²) in [6.45, 7) is 1.75. The van der Waals surface area contributed by atoms with Crippen molar-refractivity contribution in [1.82, 2.24) is 4.90 Å². The molecule has 0 aromatic heterocycles. The van der Waals surface area contributed by atoms with Crippen LogP contribution in [-0.2, 0) is 0 Å². The highest BCUT2D eigenvalue weighted by Gasteiger charge is 1.88. The number of aliphatic imine (C=N–C) groups is 1. The fourth-order valence-corrected chi connectivity index (χ4v) is 0.406. The van der Waals surface area contributed by atoms with Crippen LogP contribution in [0, 0.1) is 6.67 Å². The molecule has 0 fully saturated rings. The van der Waals surface area contributed by atoms with Gasteiger partial charge in [0.05, 0.1) is 0 Å². The molecule has 1 heterocycles. The first kappa shape index (κ1) is 4.37. The van der Waals surface area contributed by atoms with Gasteiger partial charge in [-0.3, -0.25) is 4.99 Å². The zero-order valence-electron chi connectivity index (χ0n) is 4.20. The predicted octanol–water partition coefficient (Wildman–Crippen LogP) is 0.636. The molecule has 0 aliphatic carbocycles. The van der Waals surface area contributed by atoms with E-state index in [4.69, 9.17) is 0 Å². The Morgan fingerprint density at radius 2 is 2.43 bits per heavy atom. The lowest BCUT2D eigenvalue weighted by Crippen LogP contribution is -2.06. The van der Waals surface area contributed by atoms with Crippen LogP contribution in [0.15, 0.2) is 17.3 Å². The highest BCUT2D eigenvalue weighted by Crippen LogP contribution is 1.93. The van der Waals surface area contributed by atoms with E-state index in [2.05, 4.69) is 4.99 Å². The van der Waals surface area contributed by atoms with Crippen LogP contribution in [0.4, 0.5) is 0 Å². The molecule has 1 rings (SSSR count). The van der Waals surface area contributed by atoms with E-state index in [1.165, 1.54) is 0 Å². The fourth-order valence-electron chi connectivity index (χ4n) is 0.406. The Labute approximate surface area is 43.2 Å². The van der Waals surface area contributed by atoms with Crippen molar-refractivity contribution in [3.8, 4) is 0 Å². The standard InChI is InChI=1S/C5H7N2/c1-7-4-2-3-6-5-7/h2-5H,1H3. The molecule has 0 aromatic rings.